The lowest BCUT2D eigenvalue weighted by molar-refractivity contribution is -0.143. The maximum atomic E-state index is 11.0. The zero-order valence-electron chi connectivity index (χ0n) is 11.1. The largest absolute Gasteiger partial charge is 0.481 e. The molecule has 1 fully saturated rings. The Bertz CT molecular complexity index is 262. The Labute approximate surface area is 103 Å². The molecule has 0 aromatic carbocycles. The number of carbonyl (C=O) groups is 1. The van der Waals surface area contributed by atoms with Crippen molar-refractivity contribution in [2.45, 2.75) is 32.4 Å². The lowest BCUT2D eigenvalue weighted by Gasteiger charge is -2.28. The summed E-state index contributed by atoms with van der Waals surface area (Å²) in [5.41, 5.74) is -0.154. The van der Waals surface area contributed by atoms with Crippen molar-refractivity contribution in [1.29, 1.82) is 0 Å². The van der Waals surface area contributed by atoms with E-state index < -0.39 is 11.9 Å². The smallest absolute Gasteiger partial charge is 0.310 e. The Kier molecular flexibility index (Phi) is 4.91. The molecular weight excluding hydrogens is 222 g/mol. The lowest BCUT2D eigenvalue weighted by Crippen LogP contribution is -2.42. The van der Waals surface area contributed by atoms with E-state index in [1.807, 2.05) is 32.7 Å². The molecule has 0 aromatic rings. The van der Waals surface area contributed by atoms with Crippen molar-refractivity contribution in [1.82, 2.24) is 4.90 Å². The van der Waals surface area contributed by atoms with Crippen LogP contribution in [0.3, 0.4) is 0 Å². The highest BCUT2D eigenvalue weighted by molar-refractivity contribution is 5.71. The van der Waals surface area contributed by atoms with Gasteiger partial charge in [-0.05, 0) is 27.8 Å². The van der Waals surface area contributed by atoms with Crippen LogP contribution in [0.5, 0.6) is 0 Å². The van der Waals surface area contributed by atoms with E-state index in [1.165, 1.54) is 0 Å². The summed E-state index contributed by atoms with van der Waals surface area (Å²) in [5, 5.41) is 9.05. The minimum Gasteiger partial charge on any atom is -0.481 e. The molecule has 1 aliphatic rings. The summed E-state index contributed by atoms with van der Waals surface area (Å²) < 4.78 is 10.9. The summed E-state index contributed by atoms with van der Waals surface area (Å²) in [6.45, 7) is 8.13. The molecule has 100 valence electrons. The molecule has 0 aliphatic carbocycles. The van der Waals surface area contributed by atoms with Crippen LogP contribution in [0.1, 0.15) is 20.8 Å². The molecule has 1 rings (SSSR count). The number of hydrogen-bond donors (Lipinski definition) is 1. The number of aliphatic carboxylic acids is 1. The molecule has 0 radical (unpaired) electrons. The van der Waals surface area contributed by atoms with Crippen molar-refractivity contribution in [2.75, 3.05) is 33.4 Å². The molecule has 0 spiro atoms. The van der Waals surface area contributed by atoms with Crippen LogP contribution in [0.4, 0.5) is 0 Å². The monoisotopic (exact) mass is 245 g/mol. The van der Waals surface area contributed by atoms with Crippen LogP contribution in [-0.4, -0.2) is 61.0 Å². The van der Waals surface area contributed by atoms with Gasteiger partial charge in [0.2, 0.25) is 0 Å². The van der Waals surface area contributed by atoms with Gasteiger partial charge < -0.3 is 14.6 Å². The topological polar surface area (TPSA) is 59.0 Å². The fourth-order valence-electron chi connectivity index (χ4n) is 1.87. The average molecular weight is 245 g/mol. The highest BCUT2D eigenvalue weighted by Crippen LogP contribution is 2.19. The van der Waals surface area contributed by atoms with E-state index in [9.17, 15) is 4.79 Å². The zero-order valence-corrected chi connectivity index (χ0v) is 11.1. The molecule has 1 N–H and O–H groups in total. The van der Waals surface area contributed by atoms with E-state index >= 15 is 0 Å². The van der Waals surface area contributed by atoms with Gasteiger partial charge in [-0.1, -0.05) is 0 Å². The fraction of sp³-hybridized carbons (Fsp3) is 0.917. The first kappa shape index (κ1) is 14.4. The van der Waals surface area contributed by atoms with E-state index in [-0.39, 0.29) is 11.6 Å². The van der Waals surface area contributed by atoms with Crippen molar-refractivity contribution in [3.63, 3.8) is 0 Å². The zero-order chi connectivity index (χ0) is 13.1. The molecule has 0 amide bonds. The van der Waals surface area contributed by atoms with Gasteiger partial charge in [-0.25, -0.2) is 0 Å². The van der Waals surface area contributed by atoms with Gasteiger partial charge in [0.25, 0.3) is 0 Å². The maximum absolute atomic E-state index is 11.0. The SMILES string of the molecule is CN(CCOC(C)(C)C)C1COCC1C(=O)O. The number of nitrogens with zero attached hydrogens (tertiary/aromatic N) is 1. The van der Waals surface area contributed by atoms with Crippen LogP contribution in [0.25, 0.3) is 0 Å². The molecular formula is C12H23NO4. The predicted octanol–water partition coefficient (Wildman–Crippen LogP) is 0.833. The average Bonchev–Trinajstić information content (AvgIpc) is 2.63. The molecule has 5 heteroatoms. The third kappa shape index (κ3) is 4.61. The minimum atomic E-state index is -0.781. The second-order valence-electron chi connectivity index (χ2n) is 5.49. The first-order chi connectivity index (χ1) is 7.81. The van der Waals surface area contributed by atoms with Crippen LogP contribution in [-0.2, 0) is 14.3 Å². The van der Waals surface area contributed by atoms with Gasteiger partial charge in [0.15, 0.2) is 0 Å². The Hall–Kier alpha value is -0.650. The summed E-state index contributed by atoms with van der Waals surface area (Å²) in [7, 11) is 1.92. The van der Waals surface area contributed by atoms with Crippen LogP contribution >= 0.6 is 0 Å². The molecule has 2 atom stereocenters. The summed E-state index contributed by atoms with van der Waals surface area (Å²) in [6, 6.07) is -0.0453. The highest BCUT2D eigenvalue weighted by atomic mass is 16.5. The maximum Gasteiger partial charge on any atom is 0.310 e. The van der Waals surface area contributed by atoms with Crippen LogP contribution in [0.2, 0.25) is 0 Å². The number of ether oxygens (including phenoxy) is 2. The molecule has 5 nitrogen and oxygen atoms in total. The van der Waals surface area contributed by atoms with E-state index in [0.29, 0.717) is 19.8 Å². The molecule has 2 unspecified atom stereocenters. The van der Waals surface area contributed by atoms with Gasteiger partial charge in [-0.2, -0.15) is 0 Å². The van der Waals surface area contributed by atoms with Crippen LogP contribution in [0, 0.1) is 5.92 Å². The van der Waals surface area contributed by atoms with Crippen molar-refractivity contribution in [3.8, 4) is 0 Å². The summed E-state index contributed by atoms with van der Waals surface area (Å²) in [5.74, 6) is -1.20. The van der Waals surface area contributed by atoms with E-state index in [4.69, 9.17) is 14.6 Å². The van der Waals surface area contributed by atoms with E-state index in [1.54, 1.807) is 0 Å². The second kappa shape index (κ2) is 5.80. The first-order valence-corrected chi connectivity index (χ1v) is 5.96. The first-order valence-electron chi connectivity index (χ1n) is 5.96. The summed E-state index contributed by atoms with van der Waals surface area (Å²) in [4.78, 5) is 13.0. The molecule has 1 aliphatic heterocycles. The Morgan fingerprint density at radius 1 is 1.47 bits per heavy atom. The Balaban J connectivity index is 2.36. The normalized spacial score (nSPS) is 25.5. The Morgan fingerprint density at radius 3 is 2.65 bits per heavy atom. The fourth-order valence-corrected chi connectivity index (χ4v) is 1.87. The highest BCUT2D eigenvalue weighted by Gasteiger charge is 2.36. The van der Waals surface area contributed by atoms with Crippen LogP contribution in [0.15, 0.2) is 0 Å². The van der Waals surface area contributed by atoms with Gasteiger partial charge in [-0.15, -0.1) is 0 Å². The predicted molar refractivity (Wildman–Crippen MR) is 64.1 cm³/mol. The standard InChI is InChI=1S/C12H23NO4/c1-12(2,3)17-6-5-13(4)10-8-16-7-9(10)11(14)15/h9-10H,5-8H2,1-4H3,(H,14,15). The second-order valence-corrected chi connectivity index (χ2v) is 5.49. The molecule has 0 aromatic heterocycles. The van der Waals surface area contributed by atoms with Gasteiger partial charge in [0, 0.05) is 12.6 Å². The van der Waals surface area contributed by atoms with Crippen molar-refractivity contribution in [3.05, 3.63) is 0 Å². The van der Waals surface area contributed by atoms with Gasteiger partial charge in [-0.3, -0.25) is 9.69 Å². The van der Waals surface area contributed by atoms with E-state index in [2.05, 4.69) is 0 Å². The summed E-state index contributed by atoms with van der Waals surface area (Å²) >= 11 is 0. The van der Waals surface area contributed by atoms with Crippen molar-refractivity contribution in [2.24, 2.45) is 5.92 Å². The van der Waals surface area contributed by atoms with Gasteiger partial charge >= 0.3 is 5.97 Å². The van der Waals surface area contributed by atoms with Gasteiger partial charge in [0.05, 0.1) is 31.3 Å². The number of carboxylic acids is 1. The lowest BCUT2D eigenvalue weighted by atomic mass is 10.0. The number of rotatable bonds is 5. The number of likely N-dealkylation sites (N-methyl/N-ethyl adjacent to an activating group) is 1. The molecule has 17 heavy (non-hydrogen) atoms. The number of hydrogen-bond acceptors (Lipinski definition) is 4. The summed E-state index contributed by atoms with van der Waals surface area (Å²) in [6.07, 6.45) is 0. The third-order valence-corrected chi connectivity index (χ3v) is 2.91. The minimum absolute atomic E-state index is 0.0453. The molecule has 1 saturated heterocycles. The van der Waals surface area contributed by atoms with Crippen molar-refractivity contribution < 1.29 is 19.4 Å². The quantitative estimate of drug-likeness (QED) is 0.777. The van der Waals surface area contributed by atoms with Crippen LogP contribution < -0.4 is 0 Å². The molecule has 0 saturated carbocycles. The van der Waals surface area contributed by atoms with Crippen molar-refractivity contribution >= 4 is 5.97 Å². The Morgan fingerprint density at radius 2 is 2.12 bits per heavy atom. The van der Waals surface area contributed by atoms with E-state index in [0.717, 1.165) is 6.54 Å². The molecule has 1 heterocycles. The molecule has 0 bridgehead atoms. The number of carboxylic acid groups (broad SMARTS) is 1. The van der Waals surface area contributed by atoms with Gasteiger partial charge in [0.1, 0.15) is 0 Å². The third-order valence-electron chi connectivity index (χ3n) is 2.91.